The van der Waals surface area contributed by atoms with Crippen LogP contribution in [0.4, 0.5) is 0 Å². The fourth-order valence-electron chi connectivity index (χ4n) is 1.20. The zero-order valence-corrected chi connectivity index (χ0v) is 11.0. The Morgan fingerprint density at radius 2 is 2.06 bits per heavy atom. The van der Waals surface area contributed by atoms with E-state index in [-0.39, 0.29) is 16.1 Å². The van der Waals surface area contributed by atoms with Crippen molar-refractivity contribution in [2.24, 2.45) is 7.05 Å². The second kappa shape index (κ2) is 7.09. The van der Waals surface area contributed by atoms with Gasteiger partial charge in [-0.05, 0) is 0 Å². The van der Waals surface area contributed by atoms with Crippen LogP contribution in [0.1, 0.15) is 29.8 Å². The molecule has 5 nitrogen and oxygen atoms in total. The third kappa shape index (κ3) is 3.31. The van der Waals surface area contributed by atoms with Crippen LogP contribution in [0.3, 0.4) is 0 Å². The highest BCUT2D eigenvalue weighted by atomic mass is 35.5. The number of esters is 1. The maximum Gasteiger partial charge on any atom is 0.340 e. The minimum atomic E-state index is -0.734. The van der Waals surface area contributed by atoms with Gasteiger partial charge >= 0.3 is 5.97 Å². The Bertz CT molecular complexity index is 454. The average molecular weight is 262 g/mol. The number of nitrogens with zero attached hydrogens (tertiary/aromatic N) is 1. The highest BCUT2D eigenvalue weighted by molar-refractivity contribution is 6.33. The Balaban J connectivity index is 0.00000121. The van der Waals surface area contributed by atoms with Crippen LogP contribution < -0.4 is 5.56 Å². The fourth-order valence-corrected chi connectivity index (χ4v) is 1.53. The molecule has 1 N–H and O–H groups in total. The summed E-state index contributed by atoms with van der Waals surface area (Å²) in [6.07, 6.45) is 1.35. The predicted octanol–water partition coefficient (Wildman–Crippen LogP) is 1.34. The monoisotopic (exact) mass is 261 g/mol. The molecule has 0 fully saturated rings. The van der Waals surface area contributed by atoms with Gasteiger partial charge in [-0.25, -0.2) is 4.79 Å². The normalized spacial score (nSPS) is 9.29. The zero-order chi connectivity index (χ0) is 13.6. The third-order valence-electron chi connectivity index (χ3n) is 1.96. The highest BCUT2D eigenvalue weighted by Crippen LogP contribution is 2.17. The maximum atomic E-state index is 11.4. The lowest BCUT2D eigenvalue weighted by atomic mass is 10.1. The molecule has 0 atom stereocenters. The molecule has 96 valence electrons. The number of halogens is 1. The van der Waals surface area contributed by atoms with Crippen LogP contribution in [0.2, 0.25) is 5.02 Å². The fraction of sp³-hybridized carbons (Fsp3) is 0.455. The molecule has 0 aromatic carbocycles. The summed E-state index contributed by atoms with van der Waals surface area (Å²) in [5, 5.41) is 8.78. The minimum Gasteiger partial charge on any atom is -0.465 e. The van der Waals surface area contributed by atoms with Gasteiger partial charge in [0, 0.05) is 18.8 Å². The predicted molar refractivity (Wildman–Crippen MR) is 65.3 cm³/mol. The van der Waals surface area contributed by atoms with Crippen molar-refractivity contribution in [1.29, 1.82) is 0 Å². The number of aliphatic hydroxyl groups excluding tert-OH is 1. The summed E-state index contributed by atoms with van der Waals surface area (Å²) in [6.45, 7) is 3.61. The molecule has 0 aliphatic heterocycles. The first kappa shape index (κ1) is 15.7. The molecule has 0 bridgehead atoms. The molecular formula is C11H16ClNO4. The first-order chi connectivity index (χ1) is 8.02. The van der Waals surface area contributed by atoms with Crippen LogP contribution in [0.25, 0.3) is 0 Å². The Hall–Kier alpha value is -1.33. The number of aromatic nitrogens is 1. The van der Waals surface area contributed by atoms with Crippen molar-refractivity contribution in [3.05, 3.63) is 32.7 Å². The number of ether oxygens (including phenoxy) is 1. The van der Waals surface area contributed by atoms with E-state index >= 15 is 0 Å². The van der Waals surface area contributed by atoms with Gasteiger partial charge < -0.3 is 14.4 Å². The molecule has 1 aromatic rings. The molecular weight excluding hydrogens is 246 g/mol. The lowest BCUT2D eigenvalue weighted by Gasteiger charge is -2.09. The lowest BCUT2D eigenvalue weighted by molar-refractivity contribution is 0.0597. The largest absolute Gasteiger partial charge is 0.465 e. The Labute approximate surface area is 105 Å². The van der Waals surface area contributed by atoms with E-state index in [2.05, 4.69) is 4.74 Å². The van der Waals surface area contributed by atoms with Crippen LogP contribution in [0.15, 0.2) is 11.0 Å². The van der Waals surface area contributed by atoms with Gasteiger partial charge in [0.05, 0.1) is 19.3 Å². The van der Waals surface area contributed by atoms with Crippen LogP contribution in [-0.4, -0.2) is 22.8 Å². The molecule has 0 amide bonds. The Morgan fingerprint density at radius 1 is 1.53 bits per heavy atom. The molecule has 17 heavy (non-hydrogen) atoms. The molecule has 6 heteroatoms. The molecule has 1 aromatic heterocycles. The molecule has 0 aliphatic rings. The molecule has 0 aliphatic carbocycles. The number of aryl methyl sites for hydroxylation is 1. The number of carbonyl (C=O) groups is 1. The summed E-state index contributed by atoms with van der Waals surface area (Å²) in [4.78, 5) is 22.7. The smallest absolute Gasteiger partial charge is 0.340 e. The first-order valence-electron chi connectivity index (χ1n) is 5.10. The van der Waals surface area contributed by atoms with Gasteiger partial charge in [0.25, 0.3) is 5.56 Å². The number of carbonyl (C=O) groups excluding carboxylic acids is 1. The summed E-state index contributed by atoms with van der Waals surface area (Å²) in [6, 6.07) is 0. The standard InChI is InChI=1S/C9H10ClNO4.C2H6/c1-11-3-5(4-12)6(9(14)15-2)7(10)8(11)13;1-2/h3,12H,4H2,1-2H3;1-2H3. The number of pyridine rings is 1. The van der Waals surface area contributed by atoms with Gasteiger partial charge in [-0.1, -0.05) is 25.4 Å². The van der Waals surface area contributed by atoms with Crippen LogP contribution in [0, 0.1) is 0 Å². The molecule has 1 heterocycles. The summed E-state index contributed by atoms with van der Waals surface area (Å²) in [5.41, 5.74) is -0.326. The maximum absolute atomic E-state index is 11.4. The van der Waals surface area contributed by atoms with Crippen molar-refractivity contribution in [1.82, 2.24) is 4.57 Å². The topological polar surface area (TPSA) is 68.5 Å². The van der Waals surface area contributed by atoms with E-state index in [1.165, 1.54) is 24.9 Å². The lowest BCUT2D eigenvalue weighted by Crippen LogP contribution is -2.22. The van der Waals surface area contributed by atoms with E-state index in [0.717, 1.165) is 0 Å². The second-order valence-electron chi connectivity index (χ2n) is 2.91. The summed E-state index contributed by atoms with van der Waals surface area (Å²) in [7, 11) is 2.66. The SMILES string of the molecule is CC.COC(=O)c1c(CO)cn(C)c(=O)c1Cl. The highest BCUT2D eigenvalue weighted by Gasteiger charge is 2.19. The molecule has 0 saturated heterocycles. The van der Waals surface area contributed by atoms with Gasteiger partial charge in [0.15, 0.2) is 0 Å². The van der Waals surface area contributed by atoms with Gasteiger partial charge in [0.2, 0.25) is 0 Å². The quantitative estimate of drug-likeness (QED) is 0.816. The third-order valence-corrected chi connectivity index (χ3v) is 2.31. The minimum absolute atomic E-state index is 0.0789. The molecule has 0 spiro atoms. The average Bonchev–Trinajstić information content (AvgIpc) is 2.37. The van der Waals surface area contributed by atoms with Crippen LogP contribution >= 0.6 is 11.6 Å². The van der Waals surface area contributed by atoms with Crippen molar-refractivity contribution in [2.75, 3.05) is 7.11 Å². The van der Waals surface area contributed by atoms with Crippen LogP contribution in [0.5, 0.6) is 0 Å². The van der Waals surface area contributed by atoms with Crippen molar-refractivity contribution in [3.8, 4) is 0 Å². The number of hydrogen-bond acceptors (Lipinski definition) is 4. The van der Waals surface area contributed by atoms with E-state index in [9.17, 15) is 9.59 Å². The molecule has 0 saturated carbocycles. The van der Waals surface area contributed by atoms with Crippen molar-refractivity contribution >= 4 is 17.6 Å². The van der Waals surface area contributed by atoms with Crippen molar-refractivity contribution in [3.63, 3.8) is 0 Å². The van der Waals surface area contributed by atoms with Gasteiger partial charge in [-0.3, -0.25) is 4.79 Å². The molecule has 1 rings (SSSR count). The summed E-state index contributed by atoms with van der Waals surface area (Å²) >= 11 is 5.71. The number of methoxy groups -OCH3 is 1. The zero-order valence-electron chi connectivity index (χ0n) is 10.3. The van der Waals surface area contributed by atoms with Gasteiger partial charge in [-0.15, -0.1) is 0 Å². The number of hydrogen-bond donors (Lipinski definition) is 1. The Morgan fingerprint density at radius 3 is 2.47 bits per heavy atom. The van der Waals surface area contributed by atoms with Crippen LogP contribution in [-0.2, 0) is 18.4 Å². The summed E-state index contributed by atoms with van der Waals surface area (Å²) < 4.78 is 5.67. The second-order valence-corrected chi connectivity index (χ2v) is 3.29. The number of rotatable bonds is 2. The van der Waals surface area contributed by atoms with E-state index < -0.39 is 18.1 Å². The van der Waals surface area contributed by atoms with Crippen molar-refractivity contribution < 1.29 is 14.6 Å². The van der Waals surface area contributed by atoms with E-state index in [4.69, 9.17) is 16.7 Å². The summed E-state index contributed by atoms with van der Waals surface area (Å²) in [5.74, 6) is -0.734. The number of aliphatic hydroxyl groups is 1. The first-order valence-corrected chi connectivity index (χ1v) is 5.48. The van der Waals surface area contributed by atoms with Gasteiger partial charge in [0.1, 0.15) is 5.02 Å². The molecule has 0 unspecified atom stereocenters. The van der Waals surface area contributed by atoms with E-state index in [1.807, 2.05) is 13.8 Å². The van der Waals surface area contributed by atoms with E-state index in [1.54, 1.807) is 0 Å². The Kier molecular flexibility index (Phi) is 6.53. The van der Waals surface area contributed by atoms with Gasteiger partial charge in [-0.2, -0.15) is 0 Å². The van der Waals surface area contributed by atoms with E-state index in [0.29, 0.717) is 0 Å². The molecule has 0 radical (unpaired) electrons. The van der Waals surface area contributed by atoms with Crippen molar-refractivity contribution in [2.45, 2.75) is 20.5 Å².